The summed E-state index contributed by atoms with van der Waals surface area (Å²) in [5.74, 6) is -1.70. The van der Waals surface area contributed by atoms with Crippen molar-refractivity contribution in [2.75, 3.05) is 13.1 Å². The van der Waals surface area contributed by atoms with Gasteiger partial charge in [-0.2, -0.15) is 0 Å². The predicted molar refractivity (Wildman–Crippen MR) is 72.3 cm³/mol. The molecule has 20 heavy (non-hydrogen) atoms. The maximum atomic E-state index is 12.2. The Bertz CT molecular complexity index is 331. The third-order valence-electron chi connectivity index (χ3n) is 3.73. The van der Waals surface area contributed by atoms with Crippen molar-refractivity contribution in [3.05, 3.63) is 0 Å². The quantitative estimate of drug-likeness (QED) is 0.708. The topological polar surface area (TPSA) is 94.9 Å². The van der Waals surface area contributed by atoms with Crippen molar-refractivity contribution in [3.63, 3.8) is 0 Å². The van der Waals surface area contributed by atoms with E-state index in [0.29, 0.717) is 12.3 Å². The van der Waals surface area contributed by atoms with Crippen LogP contribution in [0, 0.1) is 5.92 Å². The zero-order valence-corrected chi connectivity index (χ0v) is 11.7. The van der Waals surface area contributed by atoms with E-state index < -0.39 is 11.9 Å². The highest BCUT2D eigenvalue weighted by Crippen LogP contribution is 2.26. The van der Waals surface area contributed by atoms with E-state index >= 15 is 0 Å². The highest BCUT2D eigenvalue weighted by molar-refractivity contribution is 5.78. The Hall–Kier alpha value is -1.59. The van der Waals surface area contributed by atoms with Crippen molar-refractivity contribution in [1.29, 1.82) is 0 Å². The van der Waals surface area contributed by atoms with Crippen LogP contribution in [0.15, 0.2) is 0 Å². The van der Waals surface area contributed by atoms with E-state index in [-0.39, 0.29) is 31.8 Å². The fraction of sp³-hybridized carbons (Fsp3) is 0.786. The van der Waals surface area contributed by atoms with Crippen LogP contribution in [0.4, 0.5) is 0 Å². The van der Waals surface area contributed by atoms with Crippen LogP contribution in [0.3, 0.4) is 0 Å². The zero-order chi connectivity index (χ0) is 15.0. The number of carbonyl (C=O) groups is 3. The molecule has 0 bridgehead atoms. The molecule has 114 valence electrons. The van der Waals surface area contributed by atoms with Gasteiger partial charge >= 0.3 is 11.9 Å². The molecule has 1 amide bonds. The lowest BCUT2D eigenvalue weighted by Gasteiger charge is -2.26. The van der Waals surface area contributed by atoms with Crippen LogP contribution in [0.25, 0.3) is 0 Å². The molecular weight excluding hydrogens is 262 g/mol. The van der Waals surface area contributed by atoms with Crippen molar-refractivity contribution < 1.29 is 24.6 Å². The van der Waals surface area contributed by atoms with Gasteiger partial charge in [-0.05, 0) is 18.8 Å². The first-order valence-corrected chi connectivity index (χ1v) is 7.20. The molecule has 0 saturated heterocycles. The van der Waals surface area contributed by atoms with Gasteiger partial charge in [-0.15, -0.1) is 0 Å². The zero-order valence-electron chi connectivity index (χ0n) is 11.7. The maximum absolute atomic E-state index is 12.2. The fourth-order valence-electron chi connectivity index (χ4n) is 2.59. The Morgan fingerprint density at radius 3 is 1.85 bits per heavy atom. The largest absolute Gasteiger partial charge is 0.481 e. The van der Waals surface area contributed by atoms with Crippen LogP contribution in [0.5, 0.6) is 0 Å². The number of carboxylic acids is 2. The van der Waals surface area contributed by atoms with Crippen LogP contribution in [-0.2, 0) is 14.4 Å². The fourth-order valence-corrected chi connectivity index (χ4v) is 2.59. The molecule has 1 rings (SSSR count). The third kappa shape index (κ3) is 6.54. The normalized spacial score (nSPS) is 15.8. The molecule has 0 aromatic heterocycles. The van der Waals surface area contributed by atoms with E-state index in [1.54, 1.807) is 0 Å². The second kappa shape index (κ2) is 8.55. The second-order valence-corrected chi connectivity index (χ2v) is 5.38. The van der Waals surface area contributed by atoms with Crippen molar-refractivity contribution in [3.8, 4) is 0 Å². The summed E-state index contributed by atoms with van der Waals surface area (Å²) in [6.07, 6.45) is 5.71. The lowest BCUT2D eigenvalue weighted by molar-refractivity contribution is -0.139. The summed E-state index contributed by atoms with van der Waals surface area (Å²) in [5, 5.41) is 17.4. The van der Waals surface area contributed by atoms with Gasteiger partial charge in [0.15, 0.2) is 0 Å². The molecule has 1 aliphatic carbocycles. The molecule has 6 heteroatoms. The summed E-state index contributed by atoms with van der Waals surface area (Å²) in [4.78, 5) is 34.8. The summed E-state index contributed by atoms with van der Waals surface area (Å²) >= 11 is 0. The molecule has 6 nitrogen and oxygen atoms in total. The minimum Gasteiger partial charge on any atom is -0.481 e. The minimum atomic E-state index is -0.976. The Balaban J connectivity index is 2.47. The van der Waals surface area contributed by atoms with Crippen LogP contribution in [-0.4, -0.2) is 46.0 Å². The predicted octanol–water partition coefficient (Wildman–Crippen LogP) is 1.73. The Morgan fingerprint density at radius 2 is 1.40 bits per heavy atom. The van der Waals surface area contributed by atoms with E-state index in [4.69, 9.17) is 10.2 Å². The smallest absolute Gasteiger partial charge is 0.305 e. The molecule has 0 aliphatic heterocycles. The van der Waals surface area contributed by atoms with E-state index in [1.165, 1.54) is 11.3 Å². The summed E-state index contributed by atoms with van der Waals surface area (Å²) in [6, 6.07) is 0. The summed E-state index contributed by atoms with van der Waals surface area (Å²) in [6.45, 7) is 0.183. The van der Waals surface area contributed by atoms with Gasteiger partial charge in [0.05, 0.1) is 12.8 Å². The van der Waals surface area contributed by atoms with Crippen LogP contribution in [0.1, 0.15) is 51.4 Å². The van der Waals surface area contributed by atoms with Crippen LogP contribution < -0.4 is 0 Å². The van der Waals surface area contributed by atoms with E-state index in [9.17, 15) is 14.4 Å². The van der Waals surface area contributed by atoms with Crippen molar-refractivity contribution >= 4 is 17.8 Å². The van der Waals surface area contributed by atoms with Gasteiger partial charge in [-0.25, -0.2) is 0 Å². The number of amides is 1. The molecule has 0 spiro atoms. The number of nitrogens with zero attached hydrogens (tertiary/aromatic N) is 1. The number of hydrogen-bond acceptors (Lipinski definition) is 3. The van der Waals surface area contributed by atoms with Crippen molar-refractivity contribution in [2.45, 2.75) is 51.4 Å². The summed E-state index contributed by atoms with van der Waals surface area (Å²) < 4.78 is 0. The number of rotatable bonds is 8. The van der Waals surface area contributed by atoms with Gasteiger partial charge < -0.3 is 15.1 Å². The third-order valence-corrected chi connectivity index (χ3v) is 3.73. The van der Waals surface area contributed by atoms with Crippen molar-refractivity contribution in [1.82, 2.24) is 4.90 Å². The standard InChI is InChI=1S/C14H23NO5/c16-12(10-11-4-2-1-3-5-11)15(8-6-13(17)18)9-7-14(19)20/h11H,1-10H2,(H,17,18)(H,19,20). The number of hydrogen-bond donors (Lipinski definition) is 2. The molecule has 1 aliphatic rings. The van der Waals surface area contributed by atoms with Crippen LogP contribution in [0.2, 0.25) is 0 Å². The average molecular weight is 285 g/mol. The lowest BCUT2D eigenvalue weighted by Crippen LogP contribution is -2.36. The monoisotopic (exact) mass is 285 g/mol. The van der Waals surface area contributed by atoms with E-state index in [2.05, 4.69) is 0 Å². The van der Waals surface area contributed by atoms with E-state index in [0.717, 1.165) is 25.7 Å². The molecule has 0 atom stereocenters. The average Bonchev–Trinajstić information content (AvgIpc) is 2.39. The maximum Gasteiger partial charge on any atom is 0.305 e. The molecule has 0 heterocycles. The van der Waals surface area contributed by atoms with Gasteiger partial charge in [0.1, 0.15) is 0 Å². The van der Waals surface area contributed by atoms with Gasteiger partial charge in [-0.1, -0.05) is 19.3 Å². The van der Waals surface area contributed by atoms with E-state index in [1.807, 2.05) is 0 Å². The minimum absolute atomic E-state index is 0.0914. The molecule has 1 saturated carbocycles. The molecule has 2 N–H and O–H groups in total. The highest BCUT2D eigenvalue weighted by Gasteiger charge is 2.21. The summed E-state index contributed by atoms with van der Waals surface area (Å²) in [5.41, 5.74) is 0. The van der Waals surface area contributed by atoms with Gasteiger partial charge in [0.2, 0.25) is 5.91 Å². The summed E-state index contributed by atoms with van der Waals surface area (Å²) in [7, 11) is 0. The van der Waals surface area contributed by atoms with Gasteiger partial charge in [-0.3, -0.25) is 14.4 Å². The molecule has 0 aromatic rings. The highest BCUT2D eigenvalue weighted by atomic mass is 16.4. The van der Waals surface area contributed by atoms with Crippen LogP contribution >= 0.6 is 0 Å². The molecule has 0 unspecified atom stereocenters. The molecule has 1 fully saturated rings. The number of carboxylic acid groups (broad SMARTS) is 2. The Labute approximate surface area is 118 Å². The lowest BCUT2D eigenvalue weighted by atomic mass is 9.86. The van der Waals surface area contributed by atoms with Gasteiger partial charge in [0.25, 0.3) is 0 Å². The molecule has 0 radical (unpaired) electrons. The number of aliphatic carboxylic acids is 2. The molecular formula is C14H23NO5. The SMILES string of the molecule is O=C(O)CCN(CCC(=O)O)C(=O)CC1CCCCC1. The first-order chi connectivity index (χ1) is 9.49. The Morgan fingerprint density at radius 1 is 0.900 bits per heavy atom. The van der Waals surface area contributed by atoms with Crippen molar-refractivity contribution in [2.24, 2.45) is 5.92 Å². The Kier molecular flexibility index (Phi) is 7.04. The first kappa shape index (κ1) is 16.5. The van der Waals surface area contributed by atoms with Gasteiger partial charge in [0, 0.05) is 19.5 Å². The first-order valence-electron chi connectivity index (χ1n) is 7.20. The number of carbonyl (C=O) groups excluding carboxylic acids is 1. The second-order valence-electron chi connectivity index (χ2n) is 5.38. The molecule has 0 aromatic carbocycles.